The van der Waals surface area contributed by atoms with Gasteiger partial charge in [0.25, 0.3) is 17.7 Å². The topological polar surface area (TPSA) is 812 Å². The van der Waals surface area contributed by atoms with Crippen LogP contribution in [0.4, 0.5) is 4.79 Å². The molecule has 15 amide bonds. The van der Waals surface area contributed by atoms with Gasteiger partial charge in [0.05, 0.1) is 70.1 Å². The minimum absolute atomic E-state index is 0.0107. The Kier molecular flexibility index (Phi) is 52.5. The van der Waals surface area contributed by atoms with Crippen molar-refractivity contribution in [2.75, 3.05) is 89.7 Å². The zero-order valence-corrected chi connectivity index (χ0v) is 81.9. The number of nitrogens with two attached hydrogens (primary N) is 1. The van der Waals surface area contributed by atoms with Gasteiger partial charge in [-0.15, -0.1) is 0 Å². The number of nitrogens with one attached hydrogen (secondary N) is 12. The predicted octanol–water partition coefficient (Wildman–Crippen LogP) is -7.89. The van der Waals surface area contributed by atoms with Crippen LogP contribution < -0.4 is 73.1 Å². The van der Waals surface area contributed by atoms with Crippen molar-refractivity contribution in [1.29, 1.82) is 0 Å². The molecule has 4 fully saturated rings. The van der Waals surface area contributed by atoms with E-state index < -0.39 is 284 Å². The first-order chi connectivity index (χ1) is 67.9. The molecule has 143 heavy (non-hydrogen) atoms. The van der Waals surface area contributed by atoms with Crippen molar-refractivity contribution in [3.8, 4) is 5.75 Å². The Morgan fingerprint density at radius 3 is 1.89 bits per heavy atom. The van der Waals surface area contributed by atoms with Crippen molar-refractivity contribution in [2.24, 2.45) is 16.8 Å². The van der Waals surface area contributed by atoms with E-state index in [1.165, 1.54) is 12.1 Å². The number of amides is 15. The lowest BCUT2D eigenvalue weighted by molar-refractivity contribution is -0.326. The smallest absolute Gasteiger partial charge is 0.446 e. The molecule has 2 aromatic rings. The number of ether oxygens (including phenoxy) is 4. The molecule has 4 heterocycles. The van der Waals surface area contributed by atoms with Crippen molar-refractivity contribution in [3.63, 3.8) is 0 Å². The van der Waals surface area contributed by atoms with E-state index in [0.29, 0.717) is 36.6 Å². The molecule has 4 saturated heterocycles. The number of aliphatic carboxylic acids is 3. The molecule has 6 rings (SSSR count). The van der Waals surface area contributed by atoms with Crippen molar-refractivity contribution < 1.29 is 179 Å². The van der Waals surface area contributed by atoms with E-state index in [1.807, 2.05) is 0 Å². The van der Waals surface area contributed by atoms with Crippen LogP contribution in [0.25, 0.3) is 0 Å². The molecule has 0 radical (unpaired) electrons. The fourth-order valence-electron chi connectivity index (χ4n) is 15.4. The number of imide groups is 1. The number of oxime groups is 1. The third-order valence-electron chi connectivity index (χ3n) is 22.6. The van der Waals surface area contributed by atoms with Gasteiger partial charge >= 0.3 is 34.3 Å². The number of thioether (sulfide) groups is 1. The van der Waals surface area contributed by atoms with E-state index in [1.54, 1.807) is 55.9 Å². The average molecular weight is 2110 g/mol. The van der Waals surface area contributed by atoms with E-state index in [0.717, 1.165) is 42.6 Å². The number of aliphatic hydroxyl groups excluding tert-OH is 8. The van der Waals surface area contributed by atoms with Crippen LogP contribution in [-0.2, 0) is 124 Å². The highest BCUT2D eigenvalue weighted by molar-refractivity contribution is 8.00. The molecule has 2 aromatic carbocycles. The number of hydrogen-bond acceptors (Lipinski definition) is 38. The number of carboxylic acid groups (broad SMARTS) is 3. The normalized spacial score (nSPS) is 20.7. The maximum absolute atomic E-state index is 15.6. The maximum Gasteiger partial charge on any atom is 0.446 e. The molecular weight excluding hydrogens is 1980 g/mol. The van der Waals surface area contributed by atoms with Gasteiger partial charge in [0.1, 0.15) is 109 Å². The summed E-state index contributed by atoms with van der Waals surface area (Å²) in [6, 6.07) is -3.83. The molecule has 57 heteroatoms. The van der Waals surface area contributed by atoms with E-state index in [2.05, 4.69) is 85.2 Å². The number of unbranched alkanes of at least 4 members (excludes halogenated alkanes) is 2. The Bertz CT molecular complexity index is 4700. The Balaban J connectivity index is 1.20. The number of nitrogens with zero attached hydrogens (tertiary/aromatic N) is 3. The van der Waals surface area contributed by atoms with Crippen LogP contribution in [-0.4, -0.2) is 402 Å². The summed E-state index contributed by atoms with van der Waals surface area (Å²) in [5.41, 5.74) is 6.52. The summed E-state index contributed by atoms with van der Waals surface area (Å²) < 4.78 is 60.2. The number of rotatable bonds is 66. The number of benzene rings is 2. The lowest BCUT2D eigenvalue weighted by Crippen LogP contribution is -2.62. The SMILES string of the molecule is CC(=O)N[C@@H](Cc1ccc(OS(=O)(=O)O)cc1)C(=O)N[C@@H](CC(=O)O)C(=O)N[C@@H](Cc1ccccc1)C(=O)N[C@@H](CC(C)C)C(=O)N1CCC[C@H]1C(=O)N[C@@H](CCC(=O)O)C(=O)N[C@@H](CCCCN)C(=O)N(C(=O)CO/N=C/[C@H](O)[C@@H](O)[C@H](O[C@@H]1O[C@H](CO)[C@@H](O)[C@H](O)[C@H]1O)[C@H](O)CO)[C@@H](CCC(=O)O)C(=O)N[C@@H](CS)C(=O)NSCC(=O)NCCOCCOCCNC(=O)CCCC[C@@H]1SC[C@@H]2NC(=O)N[C@@H]21. The summed E-state index contributed by atoms with van der Waals surface area (Å²) >= 11 is 6.53. The summed E-state index contributed by atoms with van der Waals surface area (Å²) in [4.78, 5) is 241. The second-order valence-electron chi connectivity index (χ2n) is 34.1. The average Bonchev–Trinajstić information content (AvgIpc) is 1.79. The Morgan fingerprint density at radius 1 is 0.678 bits per heavy atom. The van der Waals surface area contributed by atoms with Crippen molar-refractivity contribution in [2.45, 2.75) is 257 Å². The summed E-state index contributed by atoms with van der Waals surface area (Å²) in [6.07, 6.45) is -22.5. The molecule has 800 valence electrons. The number of urea groups is 1. The third-order valence-corrected chi connectivity index (χ3v) is 25.6. The fourth-order valence-corrected chi connectivity index (χ4v) is 18.1. The van der Waals surface area contributed by atoms with Crippen molar-refractivity contribution >= 4 is 154 Å². The van der Waals surface area contributed by atoms with E-state index >= 15 is 14.4 Å². The second-order valence-corrected chi connectivity index (χ2v) is 37.6. The van der Waals surface area contributed by atoms with Gasteiger partial charge in [-0.1, -0.05) is 67.9 Å². The van der Waals surface area contributed by atoms with Crippen molar-refractivity contribution in [1.82, 2.24) is 73.0 Å². The van der Waals surface area contributed by atoms with E-state index in [4.69, 9.17) is 34.1 Å². The molecule has 0 aliphatic carbocycles. The van der Waals surface area contributed by atoms with Gasteiger partial charge in [-0.2, -0.15) is 32.8 Å². The lowest BCUT2D eigenvalue weighted by Gasteiger charge is -2.42. The molecule has 4 aliphatic heterocycles. The second kappa shape index (κ2) is 62.1. The van der Waals surface area contributed by atoms with Gasteiger partial charge in [0, 0.05) is 75.4 Å². The van der Waals surface area contributed by atoms with E-state index in [9.17, 15) is 132 Å². The molecule has 0 bridgehead atoms. The standard InChI is InChI=1S/C86H130N16O37S4/c1-45(2)34-55(96-78(123)53(35-47-12-5-4-6-13-47)94-79(124)54(37-69(115)116)95-77(122)52(91-46(3)105)36-48-18-20-49(21-19-48)139-143(131,132)133)83(128)101-29-11-15-58(101)81(126)92-50(22-24-67(111)112)76(121)93-51(14-9-10-26-87)84(129)102(66(110)41-136-90-38-60(106)71(117)75(61(107)39-103)138-85-74(120)73(119)72(118)62(40-104)137-85)59(23-25-68(113)114)82(127)97-56(42-140)80(125)100-142-44-65(109)89-28-31-135-33-32-134-30-27-88-64(108)17-8-7-16-63-70-57(43-141-63)98-86(130)99-70/h4-6,12-13,18-21,38,45,50-63,70-75,85,103-104,106-107,117-120,140H,7-11,14-17,22-37,39-44,87H2,1-3H3,(H,88,108)(H,89,109)(H,91,105)(H,92,126)(H,93,121)(H,94,124)(H,95,122)(H,96,123)(H,97,127)(H,100,125)(H,111,112)(H,113,114)(H,115,116)(H2,98,99,130)(H,131,132,133)/b90-38+/t50-,51-,52-,53-,54-,55-,56-,57-,58-,59-,60-,61+,62+,63-,70-,71+,72+,73-,74+,75+,85-/m0/s1. The van der Waals surface area contributed by atoms with Crippen LogP contribution in [0.3, 0.4) is 0 Å². The number of hydrogen-bond donors (Lipinski definition) is 26. The number of aliphatic hydroxyl groups is 8. The van der Waals surface area contributed by atoms with Crippen LogP contribution in [0.15, 0.2) is 59.8 Å². The quantitative estimate of drug-likeness (QED) is 0.00556. The highest BCUT2D eigenvalue weighted by atomic mass is 32.3. The van der Waals surface area contributed by atoms with Crippen molar-refractivity contribution in [3.05, 3.63) is 65.7 Å². The van der Waals surface area contributed by atoms with Crippen LogP contribution >= 0.6 is 36.3 Å². The molecule has 21 atom stereocenters. The number of fused-ring (bicyclic) bond motifs is 1. The highest BCUT2D eigenvalue weighted by Crippen LogP contribution is 2.34. The minimum atomic E-state index is -4.94. The lowest BCUT2D eigenvalue weighted by atomic mass is 9.98. The Morgan fingerprint density at radius 2 is 1.28 bits per heavy atom. The fraction of sp³-hybridized carbons (Fsp3) is 0.651. The molecule has 26 N–H and O–H groups in total. The summed E-state index contributed by atoms with van der Waals surface area (Å²) in [5, 5.41) is 146. The molecule has 4 aliphatic rings. The number of carbonyl (C=O) groups excluding carboxylic acids is 14. The first kappa shape index (κ1) is 121. The zero-order chi connectivity index (χ0) is 106. The van der Waals surface area contributed by atoms with Gasteiger partial charge in [0.15, 0.2) is 12.9 Å². The monoisotopic (exact) mass is 2110 g/mol. The Labute approximate surface area is 835 Å². The minimum Gasteiger partial charge on any atom is -0.481 e. The number of carbonyl (C=O) groups is 17. The van der Waals surface area contributed by atoms with Gasteiger partial charge in [-0.25, -0.2) is 4.79 Å². The molecule has 53 nitrogen and oxygen atoms in total. The van der Waals surface area contributed by atoms with Gasteiger partial charge in [0.2, 0.25) is 59.1 Å². The van der Waals surface area contributed by atoms with Crippen LogP contribution in [0, 0.1) is 5.92 Å². The third kappa shape index (κ3) is 41.7. The van der Waals surface area contributed by atoms with E-state index in [-0.39, 0.29) is 143 Å². The summed E-state index contributed by atoms with van der Waals surface area (Å²) in [5.74, 6) is -19.9. The first-order valence-corrected chi connectivity index (χ1v) is 50.0. The summed E-state index contributed by atoms with van der Waals surface area (Å²) in [6.45, 7) is 1.06. The number of likely N-dealkylation sites (tertiary alicyclic amines) is 1. The largest absolute Gasteiger partial charge is 0.481 e. The number of carboxylic acids is 3. The van der Waals surface area contributed by atoms with Crippen LogP contribution in [0.5, 0.6) is 5.75 Å². The van der Waals surface area contributed by atoms with Crippen LogP contribution in [0.1, 0.15) is 128 Å². The maximum atomic E-state index is 15.6. The Hall–Kier alpha value is -10.9. The van der Waals surface area contributed by atoms with Gasteiger partial charge < -0.3 is 153 Å². The molecule has 0 aromatic heterocycles. The zero-order valence-electron chi connectivity index (χ0n) is 78.6. The predicted molar refractivity (Wildman–Crippen MR) is 505 cm³/mol. The molecule has 0 spiro atoms. The van der Waals surface area contributed by atoms with Crippen LogP contribution in [0.2, 0.25) is 0 Å². The molecule has 0 saturated carbocycles. The molecular formula is C86H130N16O37S4. The van der Waals surface area contributed by atoms with Gasteiger partial charge in [-0.3, -0.25) is 90.9 Å². The van der Waals surface area contributed by atoms with Gasteiger partial charge in [-0.05, 0) is 112 Å². The summed E-state index contributed by atoms with van der Waals surface area (Å²) in [7, 11) is -4.94. The highest BCUT2D eigenvalue weighted by Gasteiger charge is 2.49. The molecule has 0 unspecified atom stereocenters. The number of thiol groups is 1. The first-order valence-electron chi connectivity index (χ1n) is 45.9.